The number of aromatic nitrogens is 2. The SMILES string of the molecule is [O-][n+]1c(-c2ccccc2)cnc(-c2ccccc2)c1Cl. The number of hydrogen-bond acceptors (Lipinski definition) is 2. The van der Waals surface area contributed by atoms with E-state index in [2.05, 4.69) is 4.98 Å². The van der Waals surface area contributed by atoms with Crippen molar-refractivity contribution in [2.24, 2.45) is 0 Å². The zero-order valence-electron chi connectivity index (χ0n) is 10.5. The predicted molar refractivity (Wildman–Crippen MR) is 79.1 cm³/mol. The zero-order chi connectivity index (χ0) is 13.9. The van der Waals surface area contributed by atoms with E-state index in [1.807, 2.05) is 60.7 Å². The van der Waals surface area contributed by atoms with Crippen molar-refractivity contribution in [3.63, 3.8) is 0 Å². The van der Waals surface area contributed by atoms with Crippen LogP contribution in [0.3, 0.4) is 0 Å². The molecule has 0 atom stereocenters. The van der Waals surface area contributed by atoms with Crippen LogP contribution in [0.15, 0.2) is 66.9 Å². The van der Waals surface area contributed by atoms with Gasteiger partial charge in [-0.25, -0.2) is 4.98 Å². The second-order valence-corrected chi connectivity index (χ2v) is 4.67. The Morgan fingerprint density at radius 2 is 1.40 bits per heavy atom. The molecule has 1 heterocycles. The van der Waals surface area contributed by atoms with Gasteiger partial charge in [0.2, 0.25) is 5.69 Å². The van der Waals surface area contributed by atoms with Crippen LogP contribution in [0.25, 0.3) is 22.5 Å². The van der Waals surface area contributed by atoms with Crippen LogP contribution in [0, 0.1) is 5.21 Å². The Bertz CT molecular complexity index is 666. The third-order valence-corrected chi connectivity index (χ3v) is 3.36. The Morgan fingerprint density at radius 3 is 2.00 bits per heavy atom. The highest BCUT2D eigenvalue weighted by Crippen LogP contribution is 2.25. The number of rotatable bonds is 2. The summed E-state index contributed by atoms with van der Waals surface area (Å²) < 4.78 is 0.715. The lowest BCUT2D eigenvalue weighted by atomic mass is 10.1. The van der Waals surface area contributed by atoms with Crippen molar-refractivity contribution in [2.45, 2.75) is 0 Å². The van der Waals surface area contributed by atoms with Crippen molar-refractivity contribution < 1.29 is 4.73 Å². The fourth-order valence-corrected chi connectivity index (χ4v) is 2.27. The zero-order valence-corrected chi connectivity index (χ0v) is 11.3. The molecule has 2 aromatic carbocycles. The van der Waals surface area contributed by atoms with Crippen LogP contribution < -0.4 is 4.73 Å². The fourth-order valence-electron chi connectivity index (χ4n) is 2.02. The van der Waals surface area contributed by atoms with Crippen LogP contribution in [0.5, 0.6) is 0 Å². The van der Waals surface area contributed by atoms with E-state index < -0.39 is 0 Å². The molecule has 0 saturated heterocycles. The molecule has 0 unspecified atom stereocenters. The maximum Gasteiger partial charge on any atom is 0.313 e. The molecule has 0 bridgehead atoms. The molecule has 3 aromatic rings. The monoisotopic (exact) mass is 282 g/mol. The summed E-state index contributed by atoms with van der Waals surface area (Å²) in [6.45, 7) is 0. The predicted octanol–water partition coefficient (Wildman–Crippen LogP) is 3.70. The minimum absolute atomic E-state index is 0.0811. The second-order valence-electron chi connectivity index (χ2n) is 4.31. The molecule has 0 aliphatic carbocycles. The van der Waals surface area contributed by atoms with Gasteiger partial charge < -0.3 is 5.21 Å². The van der Waals surface area contributed by atoms with E-state index >= 15 is 0 Å². The molecule has 0 aliphatic rings. The molecule has 0 aliphatic heterocycles. The first-order valence-electron chi connectivity index (χ1n) is 6.16. The average molecular weight is 283 g/mol. The first kappa shape index (κ1) is 12.6. The largest absolute Gasteiger partial charge is 0.617 e. The Balaban J connectivity index is 2.13. The number of nitrogens with zero attached hydrogens (tertiary/aromatic N) is 2. The van der Waals surface area contributed by atoms with Gasteiger partial charge in [-0.2, -0.15) is 4.73 Å². The van der Waals surface area contributed by atoms with Gasteiger partial charge in [0.1, 0.15) is 6.20 Å². The van der Waals surface area contributed by atoms with Crippen molar-refractivity contribution in [2.75, 3.05) is 0 Å². The van der Waals surface area contributed by atoms with Gasteiger partial charge in [0.05, 0.1) is 0 Å². The minimum atomic E-state index is 0.0811. The van der Waals surface area contributed by atoms with Crippen LogP contribution in [0.2, 0.25) is 5.15 Å². The van der Waals surface area contributed by atoms with E-state index in [1.54, 1.807) is 6.20 Å². The van der Waals surface area contributed by atoms with E-state index in [9.17, 15) is 5.21 Å². The molecule has 3 rings (SSSR count). The van der Waals surface area contributed by atoms with E-state index in [0.29, 0.717) is 16.1 Å². The molecule has 0 amide bonds. The molecule has 0 saturated carbocycles. The third-order valence-electron chi connectivity index (χ3n) is 3.03. The van der Waals surface area contributed by atoms with Crippen LogP contribution >= 0.6 is 11.6 Å². The molecule has 0 N–H and O–H groups in total. The normalized spacial score (nSPS) is 10.4. The topological polar surface area (TPSA) is 39.8 Å². The van der Waals surface area contributed by atoms with E-state index in [0.717, 1.165) is 11.1 Å². The summed E-state index contributed by atoms with van der Waals surface area (Å²) in [5, 5.41) is 12.4. The number of hydrogen-bond donors (Lipinski definition) is 0. The minimum Gasteiger partial charge on any atom is -0.617 e. The van der Waals surface area contributed by atoms with Gasteiger partial charge in [0, 0.05) is 11.1 Å². The molecular weight excluding hydrogens is 272 g/mol. The third kappa shape index (κ3) is 2.24. The van der Waals surface area contributed by atoms with Gasteiger partial charge in [-0.1, -0.05) is 48.5 Å². The molecule has 20 heavy (non-hydrogen) atoms. The van der Waals surface area contributed by atoms with Crippen molar-refractivity contribution in [1.82, 2.24) is 4.98 Å². The van der Waals surface area contributed by atoms with Crippen molar-refractivity contribution in [3.8, 4) is 22.5 Å². The molecule has 0 radical (unpaired) electrons. The van der Waals surface area contributed by atoms with Gasteiger partial charge in [0.25, 0.3) is 0 Å². The number of benzene rings is 2. The Kier molecular flexibility index (Phi) is 3.35. The highest BCUT2D eigenvalue weighted by Gasteiger charge is 2.19. The van der Waals surface area contributed by atoms with Crippen LogP contribution in [0.4, 0.5) is 0 Å². The summed E-state index contributed by atoms with van der Waals surface area (Å²) in [7, 11) is 0. The van der Waals surface area contributed by atoms with Crippen LogP contribution in [-0.4, -0.2) is 4.98 Å². The summed E-state index contributed by atoms with van der Waals surface area (Å²) >= 11 is 6.17. The smallest absolute Gasteiger partial charge is 0.313 e. The molecule has 3 nitrogen and oxygen atoms in total. The van der Waals surface area contributed by atoms with Crippen LogP contribution in [-0.2, 0) is 0 Å². The molecule has 0 fully saturated rings. The molecule has 4 heteroatoms. The van der Waals surface area contributed by atoms with Gasteiger partial charge in [-0.3, -0.25) is 0 Å². The van der Waals surface area contributed by atoms with Crippen molar-refractivity contribution >= 4 is 11.6 Å². The molecule has 1 aromatic heterocycles. The summed E-state index contributed by atoms with van der Waals surface area (Å²) in [5.41, 5.74) is 2.54. The fraction of sp³-hybridized carbons (Fsp3) is 0. The Hall–Kier alpha value is -2.39. The highest BCUT2D eigenvalue weighted by atomic mass is 35.5. The van der Waals surface area contributed by atoms with Gasteiger partial charge in [-0.15, -0.1) is 0 Å². The summed E-state index contributed by atoms with van der Waals surface area (Å²) in [5.74, 6) is 0. The lowest BCUT2D eigenvalue weighted by Crippen LogP contribution is -2.31. The lowest BCUT2D eigenvalue weighted by Gasteiger charge is -2.08. The Morgan fingerprint density at radius 1 is 0.850 bits per heavy atom. The van der Waals surface area contributed by atoms with Gasteiger partial charge >= 0.3 is 5.15 Å². The average Bonchev–Trinajstić information content (AvgIpc) is 2.52. The van der Waals surface area contributed by atoms with E-state index in [-0.39, 0.29) is 5.15 Å². The van der Waals surface area contributed by atoms with Crippen LogP contribution in [0.1, 0.15) is 0 Å². The van der Waals surface area contributed by atoms with Gasteiger partial charge in [-0.05, 0) is 23.7 Å². The highest BCUT2D eigenvalue weighted by molar-refractivity contribution is 6.30. The quantitative estimate of drug-likeness (QED) is 0.531. The van der Waals surface area contributed by atoms with Gasteiger partial charge in [0.15, 0.2) is 5.69 Å². The maximum absolute atomic E-state index is 12.3. The van der Waals surface area contributed by atoms with Crippen molar-refractivity contribution in [3.05, 3.63) is 77.2 Å². The van der Waals surface area contributed by atoms with E-state index in [4.69, 9.17) is 11.6 Å². The second kappa shape index (κ2) is 5.31. The maximum atomic E-state index is 12.3. The lowest BCUT2D eigenvalue weighted by molar-refractivity contribution is -0.591. The Labute approximate surface area is 121 Å². The van der Waals surface area contributed by atoms with Crippen molar-refractivity contribution in [1.29, 1.82) is 0 Å². The molecule has 98 valence electrons. The van der Waals surface area contributed by atoms with E-state index in [1.165, 1.54) is 0 Å². The summed E-state index contributed by atoms with van der Waals surface area (Å²) in [6, 6.07) is 18.7. The molecular formula is C16H11ClN2O. The first-order valence-corrected chi connectivity index (χ1v) is 6.54. The standard InChI is InChI=1S/C16H11ClN2O/c17-16-15(13-9-5-2-6-10-13)18-11-14(19(16)20)12-7-3-1-4-8-12/h1-11H. The molecule has 0 spiro atoms. The summed E-state index contributed by atoms with van der Waals surface area (Å²) in [6.07, 6.45) is 1.55. The summed E-state index contributed by atoms with van der Waals surface area (Å²) in [4.78, 5) is 4.33. The first-order chi connectivity index (χ1) is 9.77. The number of halogens is 1.